The molecule has 1 fully saturated rings. The summed E-state index contributed by atoms with van der Waals surface area (Å²) in [5.74, 6) is 0.101. The fraction of sp³-hybridized carbons (Fsp3) is 0.286. The average Bonchev–Trinajstić information content (AvgIpc) is 3.12. The van der Waals surface area contributed by atoms with Crippen LogP contribution in [0.4, 0.5) is 5.95 Å². The van der Waals surface area contributed by atoms with E-state index in [-0.39, 0.29) is 24.4 Å². The number of nitrogens with one attached hydrogen (secondary N) is 1. The molecule has 2 aromatic heterocycles. The number of fused-ring (bicyclic) bond motifs is 1. The zero-order chi connectivity index (χ0) is 20.2. The first kappa shape index (κ1) is 18.6. The molecule has 0 aliphatic carbocycles. The van der Waals surface area contributed by atoms with Crippen LogP contribution in [-0.4, -0.2) is 50.9 Å². The van der Waals surface area contributed by atoms with Gasteiger partial charge in [-0.25, -0.2) is 11.6 Å². The predicted molar refractivity (Wildman–Crippen MR) is 108 cm³/mol. The normalized spacial score (nSPS) is 14.5. The number of benzene rings is 1. The van der Waals surface area contributed by atoms with Crippen LogP contribution in [0.5, 0.6) is 0 Å². The van der Waals surface area contributed by atoms with Crippen LogP contribution in [0.3, 0.4) is 0 Å². The second-order valence-electron chi connectivity index (χ2n) is 6.92. The van der Waals surface area contributed by atoms with Gasteiger partial charge in [-0.05, 0) is 37.1 Å². The van der Waals surface area contributed by atoms with Crippen LogP contribution in [0.15, 0.2) is 48.8 Å². The lowest BCUT2D eigenvalue weighted by Gasteiger charge is -2.32. The number of amides is 2. The molecule has 1 aliphatic heterocycles. The first-order chi connectivity index (χ1) is 14.2. The van der Waals surface area contributed by atoms with Gasteiger partial charge in [-0.15, -0.1) is 0 Å². The summed E-state index contributed by atoms with van der Waals surface area (Å²) in [5, 5.41) is 2.92. The van der Waals surface area contributed by atoms with Crippen molar-refractivity contribution in [3.63, 3.8) is 0 Å². The first-order valence-corrected chi connectivity index (χ1v) is 9.46. The summed E-state index contributed by atoms with van der Waals surface area (Å²) in [6.45, 7) is 7.94. The Hall–Kier alpha value is -3.73. The quantitative estimate of drug-likeness (QED) is 0.697. The number of carbonyl (C=O) groups excluding carboxylic acids is 2. The standard InChI is InChI=1S/C21H20N6O2/c1-22-14-19(28)26-11-8-16(9-12-26)27-18-7-3-2-6-17(18)24-21(27)25-20(29)15-5-4-10-23-13-15/h2-7,10,13,16H,8-9,11-12,14H2,(H,24,25,29). The summed E-state index contributed by atoms with van der Waals surface area (Å²) in [6, 6.07) is 11.3. The smallest absolute Gasteiger partial charge is 0.302 e. The Bertz CT molecular complexity index is 1080. The molecule has 1 aliphatic rings. The molecule has 8 heteroatoms. The molecule has 0 unspecified atom stereocenters. The van der Waals surface area contributed by atoms with Crippen LogP contribution in [-0.2, 0) is 4.79 Å². The van der Waals surface area contributed by atoms with Crippen molar-refractivity contribution < 1.29 is 9.59 Å². The maximum atomic E-state index is 12.7. The zero-order valence-electron chi connectivity index (χ0n) is 15.8. The van der Waals surface area contributed by atoms with Gasteiger partial charge in [0.1, 0.15) is 0 Å². The van der Waals surface area contributed by atoms with Gasteiger partial charge in [-0.1, -0.05) is 12.1 Å². The number of hydrogen-bond acceptors (Lipinski definition) is 4. The van der Waals surface area contributed by atoms with Crippen LogP contribution in [0.2, 0.25) is 0 Å². The van der Waals surface area contributed by atoms with E-state index in [1.807, 2.05) is 24.3 Å². The van der Waals surface area contributed by atoms with Crippen molar-refractivity contribution >= 4 is 28.8 Å². The fourth-order valence-corrected chi connectivity index (χ4v) is 3.71. The number of para-hydroxylation sites is 2. The zero-order valence-corrected chi connectivity index (χ0v) is 15.8. The van der Waals surface area contributed by atoms with Crippen molar-refractivity contribution in [2.75, 3.05) is 25.0 Å². The van der Waals surface area contributed by atoms with E-state index < -0.39 is 0 Å². The molecule has 0 atom stereocenters. The van der Waals surface area contributed by atoms with Crippen molar-refractivity contribution in [3.05, 3.63) is 65.8 Å². The SMILES string of the molecule is [C-]#[N+]CC(=O)N1CCC(n2c(NC(=O)c3cccnc3)nc3ccccc32)CC1. The molecule has 1 saturated heterocycles. The van der Waals surface area contributed by atoms with Crippen LogP contribution < -0.4 is 5.32 Å². The molecule has 1 aromatic carbocycles. The highest BCUT2D eigenvalue weighted by Gasteiger charge is 2.28. The number of nitrogens with zero attached hydrogens (tertiary/aromatic N) is 5. The second-order valence-corrected chi connectivity index (χ2v) is 6.92. The third-order valence-electron chi connectivity index (χ3n) is 5.14. The van der Waals surface area contributed by atoms with Gasteiger partial charge in [0.05, 0.1) is 16.6 Å². The number of imidazole rings is 1. The molecule has 2 amide bonds. The number of aromatic nitrogens is 3. The lowest BCUT2D eigenvalue weighted by molar-refractivity contribution is -0.130. The van der Waals surface area contributed by atoms with E-state index in [1.54, 1.807) is 23.2 Å². The van der Waals surface area contributed by atoms with Gasteiger partial charge in [-0.2, -0.15) is 0 Å². The highest BCUT2D eigenvalue weighted by molar-refractivity contribution is 6.03. The van der Waals surface area contributed by atoms with Crippen molar-refractivity contribution in [1.82, 2.24) is 19.4 Å². The van der Waals surface area contributed by atoms with Gasteiger partial charge in [0.15, 0.2) is 0 Å². The maximum Gasteiger partial charge on any atom is 0.302 e. The Balaban J connectivity index is 1.60. The number of carbonyl (C=O) groups is 2. The molecule has 146 valence electrons. The minimum atomic E-state index is -0.265. The molecule has 0 saturated carbocycles. The molecule has 1 N–H and O–H groups in total. The summed E-state index contributed by atoms with van der Waals surface area (Å²) in [6.07, 6.45) is 4.61. The van der Waals surface area contributed by atoms with Crippen LogP contribution in [0.25, 0.3) is 15.9 Å². The lowest BCUT2D eigenvalue weighted by atomic mass is 10.0. The monoisotopic (exact) mass is 388 g/mol. The minimum absolute atomic E-state index is 0.101. The highest BCUT2D eigenvalue weighted by atomic mass is 16.2. The van der Waals surface area contributed by atoms with Gasteiger partial charge < -0.3 is 14.3 Å². The number of rotatable bonds is 4. The summed E-state index contributed by atoms with van der Waals surface area (Å²) < 4.78 is 2.06. The Morgan fingerprint density at radius 2 is 1.97 bits per heavy atom. The highest BCUT2D eigenvalue weighted by Crippen LogP contribution is 2.31. The Kier molecular flexibility index (Phi) is 5.20. The largest absolute Gasteiger partial charge is 0.336 e. The number of anilines is 1. The maximum absolute atomic E-state index is 12.7. The van der Waals surface area contributed by atoms with Gasteiger partial charge >= 0.3 is 5.91 Å². The Morgan fingerprint density at radius 1 is 1.17 bits per heavy atom. The molecule has 29 heavy (non-hydrogen) atoms. The number of piperidine rings is 1. The molecule has 0 spiro atoms. The molecular weight excluding hydrogens is 368 g/mol. The van der Waals surface area contributed by atoms with Gasteiger partial charge in [0.25, 0.3) is 12.5 Å². The summed E-state index contributed by atoms with van der Waals surface area (Å²) >= 11 is 0. The lowest BCUT2D eigenvalue weighted by Crippen LogP contribution is -2.40. The van der Waals surface area contributed by atoms with E-state index in [1.165, 1.54) is 6.20 Å². The van der Waals surface area contributed by atoms with Gasteiger partial charge in [0, 0.05) is 31.5 Å². The van der Waals surface area contributed by atoms with E-state index in [0.29, 0.717) is 24.6 Å². The number of hydrogen-bond donors (Lipinski definition) is 1. The molecular formula is C21H20N6O2. The second kappa shape index (κ2) is 8.10. The minimum Gasteiger partial charge on any atom is -0.336 e. The molecule has 4 rings (SSSR count). The molecule has 3 heterocycles. The fourth-order valence-electron chi connectivity index (χ4n) is 3.71. The van der Waals surface area contributed by atoms with E-state index in [2.05, 4.69) is 24.7 Å². The van der Waals surface area contributed by atoms with E-state index in [9.17, 15) is 9.59 Å². The first-order valence-electron chi connectivity index (χ1n) is 9.46. The van der Waals surface area contributed by atoms with E-state index in [0.717, 1.165) is 23.9 Å². The van der Waals surface area contributed by atoms with Crippen molar-refractivity contribution in [2.45, 2.75) is 18.9 Å². The molecule has 0 bridgehead atoms. The number of pyridine rings is 1. The summed E-state index contributed by atoms with van der Waals surface area (Å²) in [7, 11) is 0. The Morgan fingerprint density at radius 3 is 2.69 bits per heavy atom. The molecule has 0 radical (unpaired) electrons. The Labute approximate surface area is 168 Å². The van der Waals surface area contributed by atoms with Crippen LogP contribution >= 0.6 is 0 Å². The van der Waals surface area contributed by atoms with Crippen LogP contribution in [0.1, 0.15) is 29.2 Å². The van der Waals surface area contributed by atoms with Crippen LogP contribution in [0, 0.1) is 6.57 Å². The van der Waals surface area contributed by atoms with Crippen molar-refractivity contribution in [3.8, 4) is 0 Å². The van der Waals surface area contributed by atoms with Gasteiger partial charge in [0.2, 0.25) is 5.95 Å². The molecule has 8 nitrogen and oxygen atoms in total. The van der Waals surface area contributed by atoms with Crippen molar-refractivity contribution in [2.24, 2.45) is 0 Å². The van der Waals surface area contributed by atoms with E-state index in [4.69, 9.17) is 6.57 Å². The van der Waals surface area contributed by atoms with Gasteiger partial charge in [-0.3, -0.25) is 19.9 Å². The molecule has 3 aromatic rings. The average molecular weight is 388 g/mol. The number of likely N-dealkylation sites (tertiary alicyclic amines) is 1. The predicted octanol–water partition coefficient (Wildman–Crippen LogP) is 2.77. The van der Waals surface area contributed by atoms with Crippen molar-refractivity contribution in [1.29, 1.82) is 0 Å². The summed E-state index contributed by atoms with van der Waals surface area (Å²) in [4.78, 5) is 38.2. The summed E-state index contributed by atoms with van der Waals surface area (Å²) in [5.41, 5.74) is 2.21. The third kappa shape index (κ3) is 3.80. The topological polar surface area (TPSA) is 84.5 Å². The third-order valence-corrected chi connectivity index (χ3v) is 5.14. The van der Waals surface area contributed by atoms with E-state index >= 15 is 0 Å².